The highest BCUT2D eigenvalue weighted by atomic mass is 16.1. The topological polar surface area (TPSA) is 118 Å². The van der Waals surface area contributed by atoms with Crippen molar-refractivity contribution >= 4 is 29.0 Å². The second kappa shape index (κ2) is 5.83. The molecule has 0 unspecified atom stereocenters. The van der Waals surface area contributed by atoms with Gasteiger partial charge in [0.1, 0.15) is 0 Å². The van der Waals surface area contributed by atoms with Gasteiger partial charge in [0.2, 0.25) is 5.95 Å². The van der Waals surface area contributed by atoms with Crippen molar-refractivity contribution in [1.82, 2.24) is 20.5 Å². The minimum atomic E-state index is -0.353. The zero-order valence-corrected chi connectivity index (χ0v) is 11.1. The maximum absolute atomic E-state index is 11.6. The Hall–Kier alpha value is -2.90. The third kappa shape index (κ3) is 2.91. The molecule has 0 aliphatic carbocycles. The van der Waals surface area contributed by atoms with Crippen molar-refractivity contribution < 1.29 is 4.79 Å². The van der Waals surface area contributed by atoms with Gasteiger partial charge in [0.15, 0.2) is 11.5 Å². The standard InChI is InChI=1S/C12H15N7O/c1-14-10-9(11(20)15-2)18-19-12(17-10)16-8-5-3-7(13)4-6-8/h3-6H,13H2,1-2H3,(H,15,20)(H2,14,16,17,19). The normalized spacial score (nSPS) is 9.90. The van der Waals surface area contributed by atoms with Crippen molar-refractivity contribution in [2.45, 2.75) is 0 Å². The van der Waals surface area contributed by atoms with Crippen LogP contribution in [0.25, 0.3) is 0 Å². The van der Waals surface area contributed by atoms with E-state index in [1.807, 2.05) is 0 Å². The molecule has 0 aliphatic rings. The smallest absolute Gasteiger partial charge is 0.275 e. The number of hydrogen-bond acceptors (Lipinski definition) is 7. The van der Waals surface area contributed by atoms with Gasteiger partial charge in [0.25, 0.3) is 5.91 Å². The van der Waals surface area contributed by atoms with Gasteiger partial charge >= 0.3 is 0 Å². The third-order valence-electron chi connectivity index (χ3n) is 2.53. The van der Waals surface area contributed by atoms with E-state index in [1.54, 1.807) is 31.3 Å². The van der Waals surface area contributed by atoms with E-state index < -0.39 is 0 Å². The molecule has 2 aromatic rings. The Balaban J connectivity index is 2.25. The number of nitrogens with one attached hydrogen (secondary N) is 3. The molecule has 8 heteroatoms. The van der Waals surface area contributed by atoms with E-state index in [-0.39, 0.29) is 17.5 Å². The van der Waals surface area contributed by atoms with E-state index in [0.29, 0.717) is 11.5 Å². The van der Waals surface area contributed by atoms with Crippen LogP contribution in [0.3, 0.4) is 0 Å². The number of anilines is 4. The zero-order chi connectivity index (χ0) is 14.5. The molecule has 0 saturated heterocycles. The van der Waals surface area contributed by atoms with Crippen LogP contribution in [0.15, 0.2) is 24.3 Å². The summed E-state index contributed by atoms with van der Waals surface area (Å²) in [6.45, 7) is 0. The molecule has 1 heterocycles. The number of carbonyl (C=O) groups is 1. The summed E-state index contributed by atoms with van der Waals surface area (Å²) >= 11 is 0. The van der Waals surface area contributed by atoms with Crippen LogP contribution >= 0.6 is 0 Å². The lowest BCUT2D eigenvalue weighted by Gasteiger charge is -2.08. The number of amides is 1. The summed E-state index contributed by atoms with van der Waals surface area (Å²) in [7, 11) is 3.17. The molecule has 1 aromatic carbocycles. The van der Waals surface area contributed by atoms with Gasteiger partial charge in [-0.2, -0.15) is 4.98 Å². The first-order chi connectivity index (χ1) is 9.63. The van der Waals surface area contributed by atoms with Gasteiger partial charge in [0.05, 0.1) is 0 Å². The van der Waals surface area contributed by atoms with E-state index in [4.69, 9.17) is 5.73 Å². The van der Waals surface area contributed by atoms with Crippen LogP contribution in [0.5, 0.6) is 0 Å². The second-order valence-electron chi connectivity index (χ2n) is 3.91. The maximum Gasteiger partial charge on any atom is 0.275 e. The van der Waals surface area contributed by atoms with Crippen molar-refractivity contribution in [2.75, 3.05) is 30.5 Å². The predicted molar refractivity (Wildman–Crippen MR) is 76.9 cm³/mol. The van der Waals surface area contributed by atoms with E-state index >= 15 is 0 Å². The molecule has 8 nitrogen and oxygen atoms in total. The molecule has 104 valence electrons. The molecule has 20 heavy (non-hydrogen) atoms. The van der Waals surface area contributed by atoms with Gasteiger partial charge in [0, 0.05) is 25.5 Å². The van der Waals surface area contributed by atoms with Crippen LogP contribution in [0, 0.1) is 0 Å². The average Bonchev–Trinajstić information content (AvgIpc) is 2.48. The first-order valence-electron chi connectivity index (χ1n) is 5.91. The minimum Gasteiger partial charge on any atom is -0.399 e. The first kappa shape index (κ1) is 13.5. The molecule has 0 spiro atoms. The largest absolute Gasteiger partial charge is 0.399 e. The SMILES string of the molecule is CNC(=O)c1nnc(Nc2ccc(N)cc2)nc1NC. The molecule has 0 radical (unpaired) electrons. The lowest BCUT2D eigenvalue weighted by molar-refractivity contribution is 0.0957. The van der Waals surface area contributed by atoms with Gasteiger partial charge in [-0.1, -0.05) is 0 Å². The van der Waals surface area contributed by atoms with Crippen LogP contribution in [0.1, 0.15) is 10.5 Å². The number of nitrogen functional groups attached to an aromatic ring is 1. The quantitative estimate of drug-likeness (QED) is 0.602. The molecule has 5 N–H and O–H groups in total. The second-order valence-corrected chi connectivity index (χ2v) is 3.91. The van der Waals surface area contributed by atoms with Crippen LogP contribution in [0.4, 0.5) is 23.1 Å². The Morgan fingerprint density at radius 2 is 1.85 bits per heavy atom. The van der Waals surface area contributed by atoms with Crippen molar-refractivity contribution in [3.05, 3.63) is 30.0 Å². The Labute approximate surface area is 115 Å². The summed E-state index contributed by atoms with van der Waals surface area (Å²) in [6.07, 6.45) is 0. The highest BCUT2D eigenvalue weighted by molar-refractivity contribution is 5.96. The van der Waals surface area contributed by atoms with E-state index in [1.165, 1.54) is 7.05 Å². The molecule has 0 aliphatic heterocycles. The van der Waals surface area contributed by atoms with Gasteiger partial charge in [-0.25, -0.2) is 0 Å². The summed E-state index contributed by atoms with van der Waals surface area (Å²) in [5, 5.41) is 16.0. The Bertz CT molecular complexity index is 612. The van der Waals surface area contributed by atoms with E-state index in [0.717, 1.165) is 5.69 Å². The summed E-state index contributed by atoms with van der Waals surface area (Å²) in [5.41, 5.74) is 7.19. The molecule has 1 aromatic heterocycles. The predicted octanol–water partition coefficient (Wildman–Crippen LogP) is 0.599. The lowest BCUT2D eigenvalue weighted by atomic mass is 10.3. The summed E-state index contributed by atoms with van der Waals surface area (Å²) in [5.74, 6) is 0.275. The molecule has 0 fully saturated rings. The zero-order valence-electron chi connectivity index (χ0n) is 11.1. The molecular weight excluding hydrogens is 258 g/mol. The molecule has 0 bridgehead atoms. The number of aromatic nitrogens is 3. The van der Waals surface area contributed by atoms with Gasteiger partial charge < -0.3 is 21.7 Å². The van der Waals surface area contributed by atoms with Gasteiger partial charge in [-0.05, 0) is 24.3 Å². The summed E-state index contributed by atoms with van der Waals surface area (Å²) in [4.78, 5) is 15.8. The fourth-order valence-corrected chi connectivity index (χ4v) is 1.52. The number of rotatable bonds is 4. The molecule has 1 amide bonds. The first-order valence-corrected chi connectivity index (χ1v) is 5.91. The summed E-state index contributed by atoms with van der Waals surface area (Å²) < 4.78 is 0. The van der Waals surface area contributed by atoms with Crippen molar-refractivity contribution in [3.8, 4) is 0 Å². The minimum absolute atomic E-state index is 0.137. The highest BCUT2D eigenvalue weighted by Gasteiger charge is 2.14. The van der Waals surface area contributed by atoms with E-state index in [2.05, 4.69) is 31.1 Å². The Morgan fingerprint density at radius 1 is 1.15 bits per heavy atom. The molecule has 2 rings (SSSR count). The van der Waals surface area contributed by atoms with Crippen molar-refractivity contribution in [1.29, 1.82) is 0 Å². The lowest BCUT2D eigenvalue weighted by Crippen LogP contribution is -2.22. The third-order valence-corrected chi connectivity index (χ3v) is 2.53. The van der Waals surface area contributed by atoms with Crippen molar-refractivity contribution in [3.63, 3.8) is 0 Å². The Kier molecular flexibility index (Phi) is 3.94. The van der Waals surface area contributed by atoms with Crippen LogP contribution < -0.4 is 21.7 Å². The van der Waals surface area contributed by atoms with Gasteiger partial charge in [-0.3, -0.25) is 4.79 Å². The highest BCUT2D eigenvalue weighted by Crippen LogP contribution is 2.16. The van der Waals surface area contributed by atoms with Crippen molar-refractivity contribution in [2.24, 2.45) is 0 Å². The Morgan fingerprint density at radius 3 is 2.45 bits per heavy atom. The number of carbonyl (C=O) groups excluding carboxylic acids is 1. The van der Waals surface area contributed by atoms with E-state index in [9.17, 15) is 4.79 Å². The molecule has 0 saturated carbocycles. The number of nitrogens with zero attached hydrogens (tertiary/aromatic N) is 3. The molecular formula is C12H15N7O. The fraction of sp³-hybridized carbons (Fsp3) is 0.167. The average molecular weight is 273 g/mol. The number of benzene rings is 1. The van der Waals surface area contributed by atoms with Crippen LogP contribution in [-0.2, 0) is 0 Å². The maximum atomic E-state index is 11.6. The monoisotopic (exact) mass is 273 g/mol. The summed E-state index contributed by atoms with van der Waals surface area (Å²) in [6, 6.07) is 7.11. The number of hydrogen-bond donors (Lipinski definition) is 4. The molecule has 0 atom stereocenters. The van der Waals surface area contributed by atoms with Crippen LogP contribution in [-0.4, -0.2) is 35.2 Å². The van der Waals surface area contributed by atoms with Gasteiger partial charge in [-0.15, -0.1) is 10.2 Å². The number of nitrogens with two attached hydrogens (primary N) is 1. The fourth-order valence-electron chi connectivity index (χ4n) is 1.52. The van der Waals surface area contributed by atoms with Crippen LogP contribution in [0.2, 0.25) is 0 Å².